The third-order valence-electron chi connectivity index (χ3n) is 6.42. The third-order valence-corrected chi connectivity index (χ3v) is 7.38. The molecule has 0 aromatic heterocycles. The van der Waals surface area contributed by atoms with Gasteiger partial charge in [-0.1, -0.05) is 66.2 Å². The van der Waals surface area contributed by atoms with Gasteiger partial charge in [-0.15, -0.1) is 0 Å². The van der Waals surface area contributed by atoms with Crippen LogP contribution in [0.5, 0.6) is 11.5 Å². The van der Waals surface area contributed by atoms with Gasteiger partial charge in [-0.3, -0.25) is 19.4 Å². The molecule has 8 heteroatoms. The molecule has 1 aliphatic heterocycles. The number of carbonyl (C=O) groups is 2. The van der Waals surface area contributed by atoms with Crippen LogP contribution in [-0.2, 0) is 16.2 Å². The second-order valence-electron chi connectivity index (χ2n) is 9.33. The fourth-order valence-electron chi connectivity index (χ4n) is 4.42. The molecule has 0 bridgehead atoms. The van der Waals surface area contributed by atoms with Crippen LogP contribution in [0.2, 0.25) is 0 Å². The minimum absolute atomic E-state index is 0.0334. The van der Waals surface area contributed by atoms with E-state index in [1.54, 1.807) is 42.5 Å². The second-order valence-corrected chi connectivity index (χ2v) is 10.5. The summed E-state index contributed by atoms with van der Waals surface area (Å²) in [5.41, 5.74) is 3.89. The number of nitrogens with zero attached hydrogens (tertiary/aromatic N) is 2. The Hall–Kier alpha value is -4.27. The standard InChI is InChI=1S/C33H27BrN2O4S/c1-3-39-29-20-24(19-28(34)30(29)40-21-23-16-14-22(2)15-17-23)18-27-31(37)35(25-10-6-4-7-11-25)33(41)36(32(27)38)26-12-8-5-9-13-26/h4-20H,3,21H2,1-2H3. The third kappa shape index (κ3) is 6.09. The van der Waals surface area contributed by atoms with Gasteiger partial charge in [0.05, 0.1) is 22.5 Å². The van der Waals surface area contributed by atoms with Gasteiger partial charge in [-0.25, -0.2) is 0 Å². The van der Waals surface area contributed by atoms with Crippen molar-refractivity contribution in [2.75, 3.05) is 16.4 Å². The van der Waals surface area contributed by atoms with Crippen LogP contribution >= 0.6 is 28.1 Å². The van der Waals surface area contributed by atoms with Crippen molar-refractivity contribution >= 4 is 62.5 Å². The first-order chi connectivity index (χ1) is 19.9. The Labute approximate surface area is 252 Å². The molecule has 1 heterocycles. The van der Waals surface area contributed by atoms with Crippen molar-refractivity contribution in [3.8, 4) is 11.5 Å². The van der Waals surface area contributed by atoms with Crippen LogP contribution in [0.25, 0.3) is 6.08 Å². The fourth-order valence-corrected chi connectivity index (χ4v) is 5.37. The first-order valence-corrected chi connectivity index (χ1v) is 14.3. The summed E-state index contributed by atoms with van der Waals surface area (Å²) in [5, 5.41) is 0.0885. The zero-order valence-corrected chi connectivity index (χ0v) is 24.9. The smallest absolute Gasteiger partial charge is 0.270 e. The number of carbonyl (C=O) groups excluding carboxylic acids is 2. The molecule has 2 amide bonds. The Morgan fingerprint density at radius 3 is 1.90 bits per heavy atom. The van der Waals surface area contributed by atoms with E-state index in [9.17, 15) is 9.59 Å². The Morgan fingerprint density at radius 2 is 1.37 bits per heavy atom. The fraction of sp³-hybridized carbons (Fsp3) is 0.121. The number of anilines is 2. The maximum Gasteiger partial charge on any atom is 0.270 e. The average Bonchev–Trinajstić information content (AvgIpc) is 2.97. The van der Waals surface area contributed by atoms with Gasteiger partial charge >= 0.3 is 0 Å². The molecule has 1 aliphatic rings. The number of rotatable bonds is 8. The van der Waals surface area contributed by atoms with Crippen LogP contribution in [-0.4, -0.2) is 23.5 Å². The van der Waals surface area contributed by atoms with Gasteiger partial charge < -0.3 is 9.47 Å². The predicted octanol–water partition coefficient (Wildman–Crippen LogP) is 7.48. The molecule has 0 spiro atoms. The van der Waals surface area contributed by atoms with Gasteiger partial charge in [-0.05, 0) is 95.6 Å². The van der Waals surface area contributed by atoms with E-state index in [0.29, 0.717) is 46.1 Å². The Morgan fingerprint density at radius 1 is 0.805 bits per heavy atom. The maximum atomic E-state index is 13.8. The minimum Gasteiger partial charge on any atom is -0.490 e. The van der Waals surface area contributed by atoms with E-state index in [1.165, 1.54) is 15.4 Å². The Kier molecular flexibility index (Phi) is 8.61. The summed E-state index contributed by atoms with van der Waals surface area (Å²) >= 11 is 9.30. The number of thiocarbonyl (C=S) groups is 1. The molecule has 0 aliphatic carbocycles. The van der Waals surface area contributed by atoms with Crippen LogP contribution < -0.4 is 19.3 Å². The van der Waals surface area contributed by atoms with Crippen molar-refractivity contribution in [3.63, 3.8) is 0 Å². The highest BCUT2D eigenvalue weighted by atomic mass is 79.9. The largest absolute Gasteiger partial charge is 0.490 e. The van der Waals surface area contributed by atoms with Gasteiger partial charge in [0, 0.05) is 0 Å². The maximum absolute atomic E-state index is 13.8. The number of halogens is 1. The summed E-state index contributed by atoms with van der Waals surface area (Å²) in [5.74, 6) is 0.0140. The van der Waals surface area contributed by atoms with Gasteiger partial charge in [-0.2, -0.15) is 0 Å². The quantitative estimate of drug-likeness (QED) is 0.115. The van der Waals surface area contributed by atoms with E-state index < -0.39 is 11.8 Å². The number of amides is 2. The van der Waals surface area contributed by atoms with Crippen LogP contribution in [0.3, 0.4) is 0 Å². The van der Waals surface area contributed by atoms with Crippen molar-refractivity contribution in [2.45, 2.75) is 20.5 Å². The van der Waals surface area contributed by atoms with Crippen LogP contribution in [0.1, 0.15) is 23.6 Å². The minimum atomic E-state index is -0.507. The molecule has 4 aromatic rings. The van der Waals surface area contributed by atoms with E-state index in [0.717, 1.165) is 5.56 Å². The lowest BCUT2D eigenvalue weighted by atomic mass is 10.0. The highest BCUT2D eigenvalue weighted by Gasteiger charge is 2.41. The molecule has 0 N–H and O–H groups in total. The van der Waals surface area contributed by atoms with Crippen molar-refractivity contribution in [1.82, 2.24) is 0 Å². The number of hydrogen-bond donors (Lipinski definition) is 0. The Balaban J connectivity index is 1.55. The number of benzene rings is 4. The normalized spacial score (nSPS) is 13.4. The lowest BCUT2D eigenvalue weighted by molar-refractivity contribution is -0.120. The van der Waals surface area contributed by atoms with Crippen LogP contribution in [0, 0.1) is 6.92 Å². The topological polar surface area (TPSA) is 59.1 Å². The zero-order valence-electron chi connectivity index (χ0n) is 22.5. The van der Waals surface area contributed by atoms with Crippen molar-refractivity contribution < 1.29 is 19.1 Å². The number of hydrogen-bond acceptors (Lipinski definition) is 5. The summed E-state index contributed by atoms with van der Waals surface area (Å²) in [6.45, 7) is 4.68. The van der Waals surface area contributed by atoms with E-state index in [4.69, 9.17) is 21.7 Å². The first-order valence-electron chi connectivity index (χ1n) is 13.1. The van der Waals surface area contributed by atoms with Crippen molar-refractivity contribution in [1.29, 1.82) is 0 Å². The molecule has 4 aromatic carbocycles. The molecule has 0 atom stereocenters. The van der Waals surface area contributed by atoms with Crippen molar-refractivity contribution in [3.05, 3.63) is 124 Å². The van der Waals surface area contributed by atoms with Gasteiger partial charge in [0.1, 0.15) is 12.2 Å². The van der Waals surface area contributed by atoms with E-state index >= 15 is 0 Å². The zero-order chi connectivity index (χ0) is 28.9. The number of para-hydroxylation sites is 2. The summed E-state index contributed by atoms with van der Waals surface area (Å²) in [4.78, 5) is 30.4. The molecule has 41 heavy (non-hydrogen) atoms. The SMILES string of the molecule is CCOc1cc(C=C2C(=O)N(c3ccccc3)C(=S)N(c3ccccc3)C2=O)cc(Br)c1OCc1ccc(C)cc1. The molecule has 0 saturated carbocycles. The van der Waals surface area contributed by atoms with Crippen molar-refractivity contribution in [2.24, 2.45) is 0 Å². The van der Waals surface area contributed by atoms with Gasteiger partial charge in [0.25, 0.3) is 11.8 Å². The molecular formula is C33H27BrN2O4S. The molecule has 6 nitrogen and oxygen atoms in total. The molecule has 0 unspecified atom stereocenters. The molecule has 206 valence electrons. The molecular weight excluding hydrogens is 600 g/mol. The second kappa shape index (κ2) is 12.5. The lowest BCUT2D eigenvalue weighted by Crippen LogP contribution is -2.56. The highest BCUT2D eigenvalue weighted by molar-refractivity contribution is 9.10. The summed E-state index contributed by atoms with van der Waals surface area (Å²) in [6, 6.07) is 29.8. The molecule has 0 radical (unpaired) electrons. The van der Waals surface area contributed by atoms with Crippen LogP contribution in [0.4, 0.5) is 11.4 Å². The monoisotopic (exact) mass is 626 g/mol. The average molecular weight is 628 g/mol. The summed E-state index contributed by atoms with van der Waals surface area (Å²) in [7, 11) is 0. The predicted molar refractivity (Wildman–Crippen MR) is 169 cm³/mol. The van der Waals surface area contributed by atoms with Crippen LogP contribution in [0.15, 0.2) is 107 Å². The van der Waals surface area contributed by atoms with Gasteiger partial charge in [0.2, 0.25) is 0 Å². The van der Waals surface area contributed by atoms with E-state index in [2.05, 4.69) is 15.9 Å². The van der Waals surface area contributed by atoms with E-state index in [-0.39, 0.29) is 10.7 Å². The van der Waals surface area contributed by atoms with E-state index in [1.807, 2.05) is 74.5 Å². The molecule has 1 fully saturated rings. The van der Waals surface area contributed by atoms with Gasteiger partial charge in [0.15, 0.2) is 16.6 Å². The number of ether oxygens (including phenoxy) is 2. The number of aryl methyl sites for hydroxylation is 1. The summed E-state index contributed by atoms with van der Waals surface area (Å²) < 4.78 is 12.7. The first kappa shape index (κ1) is 28.3. The highest BCUT2D eigenvalue weighted by Crippen LogP contribution is 2.39. The lowest BCUT2D eigenvalue weighted by Gasteiger charge is -2.36. The molecule has 1 saturated heterocycles. The Bertz CT molecular complexity index is 1560. The molecule has 5 rings (SSSR count). The summed E-state index contributed by atoms with van der Waals surface area (Å²) in [6.07, 6.45) is 1.56.